The smallest absolute Gasteiger partial charge is 0.185 e. The average molecular weight is 314 g/mol. The Kier molecular flexibility index (Phi) is 2.82. The number of hydrogen-bond donors (Lipinski definition) is 1. The van der Waals surface area contributed by atoms with E-state index in [4.69, 9.17) is 0 Å². The molecule has 4 aliphatic rings. The third kappa shape index (κ3) is 1.69. The van der Waals surface area contributed by atoms with Crippen molar-refractivity contribution in [2.45, 2.75) is 60.0 Å². The first kappa shape index (κ1) is 15.3. The molecule has 4 aliphatic carbocycles. The third-order valence-electron chi connectivity index (χ3n) is 7.37. The Morgan fingerprint density at radius 1 is 1.13 bits per heavy atom. The van der Waals surface area contributed by atoms with Gasteiger partial charge in [-0.25, -0.2) is 0 Å². The number of allylic oxidation sites excluding steroid dienone is 3. The fraction of sp³-hybridized carbons (Fsp3) is 0.700. The van der Waals surface area contributed by atoms with Gasteiger partial charge < -0.3 is 5.11 Å². The van der Waals surface area contributed by atoms with E-state index < -0.39 is 11.5 Å². The summed E-state index contributed by atoms with van der Waals surface area (Å²) < 4.78 is 0. The van der Waals surface area contributed by atoms with Crippen molar-refractivity contribution in [2.75, 3.05) is 0 Å². The lowest BCUT2D eigenvalue weighted by Crippen LogP contribution is -2.40. The second kappa shape index (κ2) is 4.24. The number of carbonyl (C=O) groups excluding carboxylic acids is 2. The molecule has 0 aromatic carbocycles. The van der Waals surface area contributed by atoms with Crippen molar-refractivity contribution in [1.29, 1.82) is 0 Å². The minimum absolute atomic E-state index is 0.0620. The molecule has 3 nitrogen and oxygen atoms in total. The molecule has 1 N–H and O–H groups in total. The van der Waals surface area contributed by atoms with Crippen LogP contribution in [0.3, 0.4) is 0 Å². The predicted octanol–water partition coefficient (Wildman–Crippen LogP) is 3.22. The molecule has 0 bridgehead atoms. The number of aliphatic hydroxyl groups is 1. The van der Waals surface area contributed by atoms with Crippen molar-refractivity contribution in [3.63, 3.8) is 0 Å². The van der Waals surface area contributed by atoms with E-state index in [1.807, 2.05) is 13.8 Å². The number of Topliss-reactive ketones (excluding diaryl/α,β-unsaturated/α-hetero) is 2. The third-order valence-corrected chi connectivity index (χ3v) is 7.37. The molecule has 2 fully saturated rings. The standard InChI is InChI=1S/C20H26O3/c1-9-6-11-12(17(9)22)8-20(5)14(21)7-13-16(19(13,3)4)15(20)10(2)18(11)23/h9,13-14,16,21H,6-8H2,1-5H3. The van der Waals surface area contributed by atoms with Gasteiger partial charge >= 0.3 is 0 Å². The summed E-state index contributed by atoms with van der Waals surface area (Å²) in [5, 5.41) is 10.9. The molecule has 0 aromatic heterocycles. The van der Waals surface area contributed by atoms with Crippen LogP contribution in [0.15, 0.2) is 22.3 Å². The Labute approximate surface area is 137 Å². The Balaban J connectivity index is 1.90. The fourth-order valence-corrected chi connectivity index (χ4v) is 5.77. The van der Waals surface area contributed by atoms with Crippen molar-refractivity contribution >= 4 is 11.6 Å². The van der Waals surface area contributed by atoms with E-state index in [1.165, 1.54) is 0 Å². The number of rotatable bonds is 0. The highest BCUT2D eigenvalue weighted by atomic mass is 16.3. The number of fused-ring (bicyclic) bond motifs is 3. The van der Waals surface area contributed by atoms with Crippen LogP contribution in [0, 0.1) is 28.6 Å². The van der Waals surface area contributed by atoms with Gasteiger partial charge in [0.1, 0.15) is 0 Å². The zero-order valence-electron chi connectivity index (χ0n) is 14.7. The van der Waals surface area contributed by atoms with E-state index in [1.54, 1.807) is 0 Å². The summed E-state index contributed by atoms with van der Waals surface area (Å²) in [7, 11) is 0. The molecule has 0 saturated heterocycles. The molecule has 0 aliphatic heterocycles. The molecular formula is C20H26O3. The molecule has 2 saturated carbocycles. The van der Waals surface area contributed by atoms with Crippen LogP contribution in [0.25, 0.3) is 0 Å². The maximum absolute atomic E-state index is 13.0. The molecule has 5 atom stereocenters. The van der Waals surface area contributed by atoms with Crippen LogP contribution in [0.5, 0.6) is 0 Å². The van der Waals surface area contributed by atoms with Crippen LogP contribution < -0.4 is 0 Å². The first-order chi connectivity index (χ1) is 10.6. The van der Waals surface area contributed by atoms with Crippen LogP contribution >= 0.6 is 0 Å². The first-order valence-corrected chi connectivity index (χ1v) is 8.81. The van der Waals surface area contributed by atoms with Crippen molar-refractivity contribution in [1.82, 2.24) is 0 Å². The topological polar surface area (TPSA) is 54.4 Å². The molecule has 0 spiro atoms. The highest BCUT2D eigenvalue weighted by Gasteiger charge is 2.67. The molecular weight excluding hydrogens is 288 g/mol. The Morgan fingerprint density at radius 3 is 2.43 bits per heavy atom. The van der Waals surface area contributed by atoms with Crippen molar-refractivity contribution in [2.24, 2.45) is 28.6 Å². The summed E-state index contributed by atoms with van der Waals surface area (Å²) in [5.74, 6) is 0.936. The van der Waals surface area contributed by atoms with Gasteiger partial charge in [-0.3, -0.25) is 9.59 Å². The minimum atomic E-state index is -0.473. The molecule has 23 heavy (non-hydrogen) atoms. The van der Waals surface area contributed by atoms with Gasteiger partial charge in [0.2, 0.25) is 0 Å². The maximum Gasteiger partial charge on any atom is 0.185 e. The van der Waals surface area contributed by atoms with Gasteiger partial charge in [-0.15, -0.1) is 0 Å². The van der Waals surface area contributed by atoms with Crippen molar-refractivity contribution in [3.05, 3.63) is 22.3 Å². The lowest BCUT2D eigenvalue weighted by atomic mass is 9.65. The SMILES string of the molecule is CC1=C2C3C(CC(O)C2(C)CC2=C(CC(C)C2=O)C1=O)C3(C)C. The molecule has 5 unspecified atom stereocenters. The highest BCUT2D eigenvalue weighted by Crippen LogP contribution is 2.72. The zero-order chi connectivity index (χ0) is 16.9. The van der Waals surface area contributed by atoms with Gasteiger partial charge in [0.25, 0.3) is 0 Å². The van der Waals surface area contributed by atoms with Gasteiger partial charge in [-0.05, 0) is 49.0 Å². The molecule has 0 aromatic rings. The first-order valence-electron chi connectivity index (χ1n) is 8.81. The summed E-state index contributed by atoms with van der Waals surface area (Å²) >= 11 is 0. The average Bonchev–Trinajstić information content (AvgIpc) is 2.91. The van der Waals surface area contributed by atoms with E-state index in [2.05, 4.69) is 20.8 Å². The second-order valence-electron chi connectivity index (χ2n) is 9.05. The zero-order valence-corrected chi connectivity index (χ0v) is 14.7. The van der Waals surface area contributed by atoms with Crippen LogP contribution in [0.1, 0.15) is 53.9 Å². The quantitative estimate of drug-likeness (QED) is 0.747. The number of ketones is 2. The molecule has 124 valence electrons. The summed E-state index contributed by atoms with van der Waals surface area (Å²) in [6.07, 6.45) is 1.41. The summed E-state index contributed by atoms with van der Waals surface area (Å²) in [6, 6.07) is 0. The number of aliphatic hydroxyl groups excluding tert-OH is 1. The minimum Gasteiger partial charge on any atom is -0.392 e. The van der Waals surface area contributed by atoms with Crippen molar-refractivity contribution in [3.8, 4) is 0 Å². The van der Waals surface area contributed by atoms with Gasteiger partial charge in [0.05, 0.1) is 6.10 Å². The summed E-state index contributed by atoms with van der Waals surface area (Å²) in [6.45, 7) is 10.4. The van der Waals surface area contributed by atoms with Gasteiger partial charge in [0, 0.05) is 22.5 Å². The van der Waals surface area contributed by atoms with Crippen LogP contribution in [-0.4, -0.2) is 22.8 Å². The molecule has 0 amide bonds. The van der Waals surface area contributed by atoms with Gasteiger partial charge in [-0.2, -0.15) is 0 Å². The Bertz CT molecular complexity index is 708. The van der Waals surface area contributed by atoms with Gasteiger partial charge in [0.15, 0.2) is 11.6 Å². The van der Waals surface area contributed by atoms with E-state index in [9.17, 15) is 14.7 Å². The van der Waals surface area contributed by atoms with Crippen molar-refractivity contribution < 1.29 is 14.7 Å². The Hall–Kier alpha value is -1.22. The normalized spacial score (nSPS) is 44.8. The van der Waals surface area contributed by atoms with E-state index in [0.717, 1.165) is 23.1 Å². The monoisotopic (exact) mass is 314 g/mol. The second-order valence-corrected chi connectivity index (χ2v) is 9.05. The van der Waals surface area contributed by atoms with Crippen LogP contribution in [0.4, 0.5) is 0 Å². The molecule has 3 heteroatoms. The van der Waals surface area contributed by atoms with E-state index in [-0.39, 0.29) is 22.9 Å². The van der Waals surface area contributed by atoms with Gasteiger partial charge in [-0.1, -0.05) is 33.3 Å². The lowest BCUT2D eigenvalue weighted by molar-refractivity contribution is -0.118. The van der Waals surface area contributed by atoms with E-state index in [0.29, 0.717) is 30.3 Å². The fourth-order valence-electron chi connectivity index (χ4n) is 5.77. The van der Waals surface area contributed by atoms with Crippen LogP contribution in [-0.2, 0) is 9.59 Å². The molecule has 0 radical (unpaired) electrons. The highest BCUT2D eigenvalue weighted by molar-refractivity contribution is 6.17. The largest absolute Gasteiger partial charge is 0.392 e. The maximum atomic E-state index is 13.0. The predicted molar refractivity (Wildman–Crippen MR) is 87.6 cm³/mol. The van der Waals surface area contributed by atoms with E-state index >= 15 is 0 Å². The molecule has 4 rings (SSSR count). The summed E-state index contributed by atoms with van der Waals surface area (Å²) in [4.78, 5) is 25.6. The summed E-state index contributed by atoms with van der Waals surface area (Å²) in [5.41, 5.74) is 3.07. The van der Waals surface area contributed by atoms with Crippen LogP contribution in [0.2, 0.25) is 0 Å². The molecule has 0 heterocycles. The lowest BCUT2D eigenvalue weighted by Gasteiger charge is -2.41. The Morgan fingerprint density at radius 2 is 1.78 bits per heavy atom. The number of hydrogen-bond acceptors (Lipinski definition) is 3. The number of carbonyl (C=O) groups is 2.